The molecule has 0 saturated carbocycles. The van der Waals surface area contributed by atoms with E-state index in [1.54, 1.807) is 6.20 Å². The molecule has 1 aliphatic rings. The maximum absolute atomic E-state index is 12.6. The maximum Gasteiger partial charge on any atom is 0.274 e. The second-order valence-corrected chi connectivity index (χ2v) is 5.98. The normalized spacial score (nSPS) is 16.8. The number of benzene rings is 1. The summed E-state index contributed by atoms with van der Waals surface area (Å²) in [5.74, 6) is 0.728. The number of rotatable bonds is 4. The predicted octanol–water partition coefficient (Wildman–Crippen LogP) is 1.88. The third-order valence-corrected chi connectivity index (χ3v) is 4.31. The van der Waals surface area contributed by atoms with Crippen LogP contribution >= 0.6 is 0 Å². The monoisotopic (exact) mass is 334 g/mol. The van der Waals surface area contributed by atoms with Gasteiger partial charge in [-0.25, -0.2) is 4.98 Å². The zero-order valence-electron chi connectivity index (χ0n) is 13.6. The van der Waals surface area contributed by atoms with Gasteiger partial charge in [0, 0.05) is 30.9 Å². The average Bonchev–Trinajstić information content (AvgIpc) is 3.33. The minimum Gasteiger partial charge on any atom is -0.354 e. The molecule has 0 aliphatic carbocycles. The molecule has 7 heteroatoms. The highest BCUT2D eigenvalue weighted by Gasteiger charge is 2.27. The van der Waals surface area contributed by atoms with Crippen LogP contribution in [0.25, 0.3) is 11.3 Å². The Bertz CT molecular complexity index is 848. The first-order chi connectivity index (χ1) is 12.3. The van der Waals surface area contributed by atoms with Crippen molar-refractivity contribution in [1.82, 2.24) is 25.7 Å². The van der Waals surface area contributed by atoms with Crippen LogP contribution in [0.3, 0.4) is 0 Å². The lowest BCUT2D eigenvalue weighted by Crippen LogP contribution is -2.37. The molecule has 3 heterocycles. The Morgan fingerprint density at radius 3 is 2.76 bits per heavy atom. The summed E-state index contributed by atoms with van der Waals surface area (Å²) in [5.41, 5.74) is 1.75. The topological polar surface area (TPSA) is 86.8 Å². The van der Waals surface area contributed by atoms with E-state index in [1.165, 1.54) is 0 Å². The summed E-state index contributed by atoms with van der Waals surface area (Å²) < 4.78 is 0. The molecule has 2 aromatic heterocycles. The number of amides is 1. The second-order valence-electron chi connectivity index (χ2n) is 5.98. The summed E-state index contributed by atoms with van der Waals surface area (Å²) in [4.78, 5) is 19.2. The molecule has 0 unspecified atom stereocenters. The van der Waals surface area contributed by atoms with E-state index in [0.29, 0.717) is 11.4 Å². The van der Waals surface area contributed by atoms with Crippen LogP contribution in [0, 0.1) is 0 Å². The van der Waals surface area contributed by atoms with E-state index in [-0.39, 0.29) is 11.9 Å². The summed E-state index contributed by atoms with van der Waals surface area (Å²) in [7, 11) is 0. The fraction of sp³-hybridized carbons (Fsp3) is 0.222. The van der Waals surface area contributed by atoms with Crippen LogP contribution < -0.4 is 10.2 Å². The van der Waals surface area contributed by atoms with Crippen molar-refractivity contribution in [3.8, 4) is 11.3 Å². The van der Waals surface area contributed by atoms with Gasteiger partial charge in [0.15, 0.2) is 5.69 Å². The second kappa shape index (κ2) is 6.72. The van der Waals surface area contributed by atoms with Crippen molar-refractivity contribution < 1.29 is 4.79 Å². The van der Waals surface area contributed by atoms with Crippen molar-refractivity contribution in [3.05, 3.63) is 60.4 Å². The van der Waals surface area contributed by atoms with Gasteiger partial charge in [-0.05, 0) is 18.6 Å². The van der Waals surface area contributed by atoms with Crippen LogP contribution in [0.2, 0.25) is 0 Å². The summed E-state index contributed by atoms with van der Waals surface area (Å²) in [6.07, 6.45) is 2.66. The number of aromatic amines is 1. The number of nitrogens with zero attached hydrogens (tertiary/aromatic N) is 4. The van der Waals surface area contributed by atoms with Crippen LogP contribution in [-0.2, 0) is 0 Å². The molecular formula is C18H18N6O. The summed E-state index contributed by atoms with van der Waals surface area (Å²) in [6.45, 7) is 1.60. The van der Waals surface area contributed by atoms with E-state index in [4.69, 9.17) is 0 Å². The maximum atomic E-state index is 12.6. The molecule has 0 bridgehead atoms. The molecule has 1 aromatic carbocycles. The Balaban J connectivity index is 1.45. The van der Waals surface area contributed by atoms with Gasteiger partial charge in [0.2, 0.25) is 0 Å². The number of aromatic nitrogens is 4. The summed E-state index contributed by atoms with van der Waals surface area (Å²) in [6, 6.07) is 15.5. The average molecular weight is 334 g/mol. The van der Waals surface area contributed by atoms with E-state index < -0.39 is 0 Å². The molecule has 1 amide bonds. The van der Waals surface area contributed by atoms with E-state index >= 15 is 0 Å². The van der Waals surface area contributed by atoms with Gasteiger partial charge in [0.25, 0.3) is 5.91 Å². The summed E-state index contributed by atoms with van der Waals surface area (Å²) >= 11 is 0. The number of hydrogen-bond donors (Lipinski definition) is 2. The molecule has 3 aromatic rings. The van der Waals surface area contributed by atoms with Crippen molar-refractivity contribution >= 4 is 11.7 Å². The Kier molecular flexibility index (Phi) is 4.12. The number of hydrogen-bond acceptors (Lipinski definition) is 5. The number of H-pyrrole nitrogens is 1. The minimum atomic E-state index is -0.208. The number of pyridine rings is 1. The van der Waals surface area contributed by atoms with Gasteiger partial charge in [0.05, 0.1) is 0 Å². The highest BCUT2D eigenvalue weighted by molar-refractivity contribution is 5.98. The predicted molar refractivity (Wildman–Crippen MR) is 94.1 cm³/mol. The van der Waals surface area contributed by atoms with Gasteiger partial charge in [-0.2, -0.15) is 15.4 Å². The Hall–Kier alpha value is -3.22. The third-order valence-electron chi connectivity index (χ3n) is 4.31. The molecule has 7 nitrogen and oxygen atoms in total. The number of nitrogens with one attached hydrogen (secondary N) is 2. The van der Waals surface area contributed by atoms with Crippen molar-refractivity contribution in [2.24, 2.45) is 0 Å². The fourth-order valence-corrected chi connectivity index (χ4v) is 3.07. The van der Waals surface area contributed by atoms with Gasteiger partial charge in [-0.15, -0.1) is 0 Å². The van der Waals surface area contributed by atoms with Gasteiger partial charge in [-0.1, -0.05) is 36.4 Å². The number of carbonyl (C=O) groups excluding carboxylic acids is 1. The first-order valence-corrected chi connectivity index (χ1v) is 8.24. The van der Waals surface area contributed by atoms with Crippen LogP contribution in [0.15, 0.2) is 54.7 Å². The summed E-state index contributed by atoms with van der Waals surface area (Å²) in [5, 5.41) is 13.8. The molecule has 1 saturated heterocycles. The van der Waals surface area contributed by atoms with E-state index in [9.17, 15) is 4.79 Å². The number of carbonyl (C=O) groups is 1. The molecule has 126 valence electrons. The lowest BCUT2D eigenvalue weighted by atomic mass is 10.1. The van der Waals surface area contributed by atoms with Crippen molar-refractivity contribution in [2.75, 3.05) is 18.0 Å². The molecule has 0 radical (unpaired) electrons. The first-order valence-electron chi connectivity index (χ1n) is 8.24. The highest BCUT2D eigenvalue weighted by atomic mass is 16.2. The van der Waals surface area contributed by atoms with Gasteiger partial charge in [-0.3, -0.25) is 4.79 Å². The lowest BCUT2D eigenvalue weighted by Gasteiger charge is -2.17. The Labute approximate surface area is 145 Å². The van der Waals surface area contributed by atoms with Gasteiger partial charge < -0.3 is 10.2 Å². The molecule has 0 spiro atoms. The molecule has 1 fully saturated rings. The van der Waals surface area contributed by atoms with Crippen LogP contribution in [0.1, 0.15) is 16.9 Å². The van der Waals surface area contributed by atoms with Crippen LogP contribution in [0.4, 0.5) is 5.82 Å². The first kappa shape index (κ1) is 15.3. The van der Waals surface area contributed by atoms with E-state index in [2.05, 4.69) is 30.6 Å². The third kappa shape index (κ3) is 3.21. The molecule has 1 aliphatic heterocycles. The zero-order valence-corrected chi connectivity index (χ0v) is 13.6. The SMILES string of the molecule is O=C(N[C@@H]1CCN(c2ccccn2)C1)c1n[nH]nc1-c1ccccc1. The molecular weight excluding hydrogens is 316 g/mol. The molecule has 1 atom stereocenters. The molecule has 25 heavy (non-hydrogen) atoms. The standard InChI is InChI=1S/C18H18N6O/c25-18(17-16(21-23-22-17)13-6-2-1-3-7-13)20-14-9-11-24(12-14)15-8-4-5-10-19-15/h1-8,10,14H,9,11-12H2,(H,20,25)(H,21,22,23)/t14-/m1/s1. The Morgan fingerprint density at radius 1 is 1.12 bits per heavy atom. The quantitative estimate of drug-likeness (QED) is 0.761. The minimum absolute atomic E-state index is 0.0647. The fourth-order valence-electron chi connectivity index (χ4n) is 3.07. The van der Waals surface area contributed by atoms with E-state index in [1.807, 2.05) is 48.5 Å². The number of anilines is 1. The van der Waals surface area contributed by atoms with Crippen LogP contribution in [-0.4, -0.2) is 45.4 Å². The lowest BCUT2D eigenvalue weighted by molar-refractivity contribution is 0.0936. The van der Waals surface area contributed by atoms with Gasteiger partial charge in [0.1, 0.15) is 11.5 Å². The van der Waals surface area contributed by atoms with E-state index in [0.717, 1.165) is 30.9 Å². The van der Waals surface area contributed by atoms with Crippen molar-refractivity contribution in [3.63, 3.8) is 0 Å². The van der Waals surface area contributed by atoms with Crippen molar-refractivity contribution in [1.29, 1.82) is 0 Å². The van der Waals surface area contributed by atoms with Crippen LogP contribution in [0.5, 0.6) is 0 Å². The zero-order chi connectivity index (χ0) is 17.1. The Morgan fingerprint density at radius 2 is 1.96 bits per heavy atom. The largest absolute Gasteiger partial charge is 0.354 e. The smallest absolute Gasteiger partial charge is 0.274 e. The van der Waals surface area contributed by atoms with Crippen molar-refractivity contribution in [2.45, 2.75) is 12.5 Å². The van der Waals surface area contributed by atoms with Gasteiger partial charge >= 0.3 is 0 Å². The molecule has 4 rings (SSSR count). The molecule has 2 N–H and O–H groups in total. The highest BCUT2D eigenvalue weighted by Crippen LogP contribution is 2.20.